The highest BCUT2D eigenvalue weighted by Gasteiger charge is 2.05. The van der Waals surface area contributed by atoms with Crippen LogP contribution in [-0.2, 0) is 6.54 Å². The van der Waals surface area contributed by atoms with Gasteiger partial charge < -0.3 is 5.32 Å². The van der Waals surface area contributed by atoms with Gasteiger partial charge in [0, 0.05) is 26.8 Å². The van der Waals surface area contributed by atoms with E-state index < -0.39 is 0 Å². The predicted molar refractivity (Wildman–Crippen MR) is 78.5 cm³/mol. The number of hydrogen-bond acceptors (Lipinski definition) is 2. The van der Waals surface area contributed by atoms with Crippen LogP contribution in [0, 0.1) is 6.92 Å². The van der Waals surface area contributed by atoms with Crippen molar-refractivity contribution in [2.24, 2.45) is 0 Å². The second-order valence-corrected chi connectivity index (χ2v) is 6.45. The van der Waals surface area contributed by atoms with Crippen molar-refractivity contribution in [1.82, 2.24) is 5.32 Å². The average molecular weight is 310 g/mol. The number of benzene rings is 1. The average Bonchev–Trinajstić information content (AvgIpc) is 2.73. The molecule has 0 saturated carbocycles. The number of thiophene rings is 1. The van der Waals surface area contributed by atoms with E-state index in [9.17, 15) is 0 Å². The fraction of sp³-hybridized carbons (Fsp3) is 0.286. The third-order valence-electron chi connectivity index (χ3n) is 2.75. The lowest BCUT2D eigenvalue weighted by Gasteiger charge is -2.13. The summed E-state index contributed by atoms with van der Waals surface area (Å²) in [7, 11) is 0. The minimum Gasteiger partial charge on any atom is -0.305 e. The fourth-order valence-electron chi connectivity index (χ4n) is 1.70. The van der Waals surface area contributed by atoms with Crippen molar-refractivity contribution in [1.29, 1.82) is 0 Å². The second kappa shape index (κ2) is 5.80. The minimum atomic E-state index is 0.380. The molecule has 0 fully saturated rings. The minimum absolute atomic E-state index is 0.380. The van der Waals surface area contributed by atoms with E-state index in [0.29, 0.717) is 6.04 Å². The van der Waals surface area contributed by atoms with Gasteiger partial charge in [-0.05, 0) is 43.7 Å². The van der Waals surface area contributed by atoms with Crippen molar-refractivity contribution in [2.45, 2.75) is 26.4 Å². The first-order chi connectivity index (χ1) is 8.15. The molecule has 0 amide bonds. The van der Waals surface area contributed by atoms with Crippen LogP contribution in [0.15, 0.2) is 40.9 Å². The van der Waals surface area contributed by atoms with Gasteiger partial charge in [0.15, 0.2) is 0 Å². The summed E-state index contributed by atoms with van der Waals surface area (Å²) in [6, 6.07) is 13.2. The highest BCUT2D eigenvalue weighted by molar-refractivity contribution is 9.10. The Bertz CT molecular complexity index is 475. The summed E-state index contributed by atoms with van der Waals surface area (Å²) in [5, 5.41) is 3.54. The number of halogens is 1. The summed E-state index contributed by atoms with van der Waals surface area (Å²) in [5.74, 6) is 0. The zero-order valence-electron chi connectivity index (χ0n) is 10.0. The molecule has 0 aliphatic carbocycles. The molecule has 1 nitrogen and oxygen atoms in total. The van der Waals surface area contributed by atoms with Crippen molar-refractivity contribution in [3.8, 4) is 0 Å². The Morgan fingerprint density at radius 2 is 1.88 bits per heavy atom. The Hall–Kier alpha value is -0.640. The van der Waals surface area contributed by atoms with E-state index in [1.165, 1.54) is 15.3 Å². The molecular weight excluding hydrogens is 294 g/mol. The molecule has 0 bridgehead atoms. The second-order valence-electron chi connectivity index (χ2n) is 4.17. The monoisotopic (exact) mass is 309 g/mol. The highest BCUT2D eigenvalue weighted by Crippen LogP contribution is 2.19. The van der Waals surface area contributed by atoms with E-state index in [2.05, 4.69) is 71.5 Å². The van der Waals surface area contributed by atoms with Crippen LogP contribution >= 0.6 is 27.3 Å². The molecule has 3 heteroatoms. The summed E-state index contributed by atoms with van der Waals surface area (Å²) < 4.78 is 1.13. The van der Waals surface area contributed by atoms with E-state index in [0.717, 1.165) is 11.0 Å². The van der Waals surface area contributed by atoms with E-state index >= 15 is 0 Å². The van der Waals surface area contributed by atoms with Crippen LogP contribution in [0.25, 0.3) is 0 Å². The van der Waals surface area contributed by atoms with Crippen molar-refractivity contribution in [2.75, 3.05) is 0 Å². The first-order valence-electron chi connectivity index (χ1n) is 5.69. The summed E-state index contributed by atoms with van der Waals surface area (Å²) >= 11 is 5.31. The molecule has 0 aliphatic rings. The first kappa shape index (κ1) is 12.8. The molecule has 2 aromatic rings. The molecule has 0 saturated heterocycles. The largest absolute Gasteiger partial charge is 0.305 e. The molecule has 1 unspecified atom stereocenters. The van der Waals surface area contributed by atoms with Crippen LogP contribution in [0.3, 0.4) is 0 Å². The standard InChI is InChI=1S/C14H16BrNS/c1-10-3-8-14(17-10)9-16-11(2)12-4-6-13(15)7-5-12/h3-8,11,16H,9H2,1-2H3. The third-order valence-corrected chi connectivity index (χ3v) is 4.28. The maximum atomic E-state index is 3.54. The van der Waals surface area contributed by atoms with Crippen molar-refractivity contribution in [3.63, 3.8) is 0 Å². The quantitative estimate of drug-likeness (QED) is 0.865. The van der Waals surface area contributed by atoms with Gasteiger partial charge in [0.25, 0.3) is 0 Å². The molecule has 1 aromatic carbocycles. The molecule has 17 heavy (non-hydrogen) atoms. The fourth-order valence-corrected chi connectivity index (χ4v) is 2.81. The molecule has 1 aromatic heterocycles. The Kier molecular flexibility index (Phi) is 4.37. The molecule has 0 aliphatic heterocycles. The zero-order chi connectivity index (χ0) is 12.3. The molecule has 1 atom stereocenters. The molecule has 0 spiro atoms. The van der Waals surface area contributed by atoms with Gasteiger partial charge in [0.1, 0.15) is 0 Å². The summed E-state index contributed by atoms with van der Waals surface area (Å²) in [6.45, 7) is 5.28. The van der Waals surface area contributed by atoms with E-state index in [1.54, 1.807) is 0 Å². The SMILES string of the molecule is Cc1ccc(CNC(C)c2ccc(Br)cc2)s1. The van der Waals surface area contributed by atoms with Crippen molar-refractivity contribution < 1.29 is 0 Å². The maximum absolute atomic E-state index is 3.54. The van der Waals surface area contributed by atoms with Crippen LogP contribution in [0.5, 0.6) is 0 Å². The Balaban J connectivity index is 1.93. The number of hydrogen-bond donors (Lipinski definition) is 1. The Morgan fingerprint density at radius 1 is 1.18 bits per heavy atom. The topological polar surface area (TPSA) is 12.0 Å². The van der Waals surface area contributed by atoms with E-state index in [1.807, 2.05) is 11.3 Å². The lowest BCUT2D eigenvalue weighted by molar-refractivity contribution is 0.579. The van der Waals surface area contributed by atoms with Gasteiger partial charge >= 0.3 is 0 Å². The maximum Gasteiger partial charge on any atom is 0.0305 e. The molecule has 90 valence electrons. The predicted octanol–water partition coefficient (Wildman–Crippen LogP) is 4.67. The smallest absolute Gasteiger partial charge is 0.0305 e. The Labute approximate surface area is 115 Å². The zero-order valence-corrected chi connectivity index (χ0v) is 12.4. The van der Waals surface area contributed by atoms with Crippen LogP contribution < -0.4 is 5.32 Å². The molecule has 0 radical (unpaired) electrons. The van der Waals surface area contributed by atoms with Gasteiger partial charge in [-0.2, -0.15) is 0 Å². The molecular formula is C14H16BrNS. The van der Waals surface area contributed by atoms with E-state index in [4.69, 9.17) is 0 Å². The van der Waals surface area contributed by atoms with Crippen LogP contribution in [0.2, 0.25) is 0 Å². The normalized spacial score (nSPS) is 12.6. The lowest BCUT2D eigenvalue weighted by atomic mass is 10.1. The highest BCUT2D eigenvalue weighted by atomic mass is 79.9. The third kappa shape index (κ3) is 3.66. The van der Waals surface area contributed by atoms with Crippen molar-refractivity contribution in [3.05, 3.63) is 56.2 Å². The lowest BCUT2D eigenvalue weighted by Crippen LogP contribution is -2.17. The first-order valence-corrected chi connectivity index (χ1v) is 7.30. The van der Waals surface area contributed by atoms with Crippen LogP contribution in [-0.4, -0.2) is 0 Å². The van der Waals surface area contributed by atoms with Crippen LogP contribution in [0.4, 0.5) is 0 Å². The van der Waals surface area contributed by atoms with Crippen molar-refractivity contribution >= 4 is 27.3 Å². The summed E-state index contributed by atoms with van der Waals surface area (Å²) in [6.07, 6.45) is 0. The molecule has 1 heterocycles. The van der Waals surface area contributed by atoms with Gasteiger partial charge in [-0.25, -0.2) is 0 Å². The summed E-state index contributed by atoms with van der Waals surface area (Å²) in [4.78, 5) is 2.77. The van der Waals surface area contributed by atoms with E-state index in [-0.39, 0.29) is 0 Å². The summed E-state index contributed by atoms with van der Waals surface area (Å²) in [5.41, 5.74) is 1.32. The van der Waals surface area contributed by atoms with Gasteiger partial charge in [-0.15, -0.1) is 11.3 Å². The van der Waals surface area contributed by atoms with Gasteiger partial charge in [0.2, 0.25) is 0 Å². The van der Waals surface area contributed by atoms with Gasteiger partial charge in [-0.1, -0.05) is 28.1 Å². The number of nitrogens with one attached hydrogen (secondary N) is 1. The van der Waals surface area contributed by atoms with Gasteiger partial charge in [0.05, 0.1) is 0 Å². The number of aryl methyl sites for hydroxylation is 1. The molecule has 1 N–H and O–H groups in total. The van der Waals surface area contributed by atoms with Gasteiger partial charge in [-0.3, -0.25) is 0 Å². The van der Waals surface area contributed by atoms with Crippen LogP contribution in [0.1, 0.15) is 28.3 Å². The molecule has 2 rings (SSSR count). The Morgan fingerprint density at radius 3 is 2.47 bits per heavy atom. The number of rotatable bonds is 4.